The summed E-state index contributed by atoms with van der Waals surface area (Å²) in [5, 5.41) is 5.02. The summed E-state index contributed by atoms with van der Waals surface area (Å²) < 4.78 is 1.96. The van der Waals surface area contributed by atoms with Crippen LogP contribution in [-0.4, -0.2) is 33.3 Å². The number of carbonyl (C=O) groups is 1. The molecule has 1 fully saturated rings. The van der Waals surface area contributed by atoms with E-state index in [1.165, 1.54) is 44.3 Å². The van der Waals surface area contributed by atoms with E-state index in [2.05, 4.69) is 39.5 Å². The van der Waals surface area contributed by atoms with Crippen LogP contribution in [0.1, 0.15) is 42.5 Å². The van der Waals surface area contributed by atoms with Gasteiger partial charge in [0.2, 0.25) is 5.91 Å². The van der Waals surface area contributed by atoms with Gasteiger partial charge in [-0.25, -0.2) is 4.98 Å². The summed E-state index contributed by atoms with van der Waals surface area (Å²) in [7, 11) is 0. The lowest BCUT2D eigenvalue weighted by atomic mass is 10.1. The Balaban J connectivity index is 1.29. The second kappa shape index (κ2) is 8.67. The third-order valence-electron chi connectivity index (χ3n) is 5.07. The summed E-state index contributed by atoms with van der Waals surface area (Å²) in [6, 6.07) is 8.59. The van der Waals surface area contributed by atoms with Gasteiger partial charge in [0.15, 0.2) is 4.96 Å². The highest BCUT2D eigenvalue weighted by Crippen LogP contribution is 2.15. The minimum absolute atomic E-state index is 0.0127. The molecule has 6 heteroatoms. The SMILES string of the molecule is O=C(Cc1cn2ccsc2n1)NCc1cccc(CN2CCCCCC2)c1. The molecule has 0 atom stereocenters. The highest BCUT2D eigenvalue weighted by Gasteiger charge is 2.11. The number of hydrogen-bond acceptors (Lipinski definition) is 4. The fourth-order valence-corrected chi connectivity index (χ4v) is 4.40. The lowest BCUT2D eigenvalue weighted by Crippen LogP contribution is -2.25. The van der Waals surface area contributed by atoms with Crippen molar-refractivity contribution in [1.82, 2.24) is 19.6 Å². The van der Waals surface area contributed by atoms with E-state index in [1.54, 1.807) is 11.3 Å². The van der Waals surface area contributed by atoms with E-state index < -0.39 is 0 Å². The van der Waals surface area contributed by atoms with Gasteiger partial charge in [-0.15, -0.1) is 11.3 Å². The van der Waals surface area contributed by atoms with Crippen molar-refractivity contribution in [2.75, 3.05) is 13.1 Å². The number of aromatic nitrogens is 2. The normalized spacial score (nSPS) is 15.7. The molecule has 3 aromatic rings. The Morgan fingerprint density at radius 2 is 1.96 bits per heavy atom. The number of rotatable bonds is 6. The molecular formula is C21H26N4OS. The summed E-state index contributed by atoms with van der Waals surface area (Å²) in [5.74, 6) is 0.0127. The average molecular weight is 383 g/mol. The molecule has 27 heavy (non-hydrogen) atoms. The zero-order valence-electron chi connectivity index (χ0n) is 15.6. The number of thiazole rings is 1. The molecule has 0 bridgehead atoms. The summed E-state index contributed by atoms with van der Waals surface area (Å²) in [5.41, 5.74) is 3.30. The number of likely N-dealkylation sites (tertiary alicyclic amines) is 1. The van der Waals surface area contributed by atoms with Gasteiger partial charge in [0.25, 0.3) is 0 Å². The molecule has 5 nitrogen and oxygen atoms in total. The van der Waals surface area contributed by atoms with Crippen molar-refractivity contribution in [3.05, 3.63) is 58.9 Å². The maximum Gasteiger partial charge on any atom is 0.226 e. The van der Waals surface area contributed by atoms with Crippen molar-refractivity contribution in [3.8, 4) is 0 Å². The lowest BCUT2D eigenvalue weighted by molar-refractivity contribution is -0.120. The molecule has 1 saturated heterocycles. The second-order valence-electron chi connectivity index (χ2n) is 7.29. The minimum atomic E-state index is 0.0127. The molecule has 0 aliphatic carbocycles. The quantitative estimate of drug-likeness (QED) is 0.708. The van der Waals surface area contributed by atoms with Crippen molar-refractivity contribution in [2.24, 2.45) is 0 Å². The molecule has 1 aromatic carbocycles. The molecule has 0 saturated carbocycles. The van der Waals surface area contributed by atoms with E-state index in [0.29, 0.717) is 13.0 Å². The first-order valence-corrected chi connectivity index (χ1v) is 10.6. The van der Waals surface area contributed by atoms with Gasteiger partial charge in [-0.2, -0.15) is 0 Å². The van der Waals surface area contributed by atoms with Crippen molar-refractivity contribution in [3.63, 3.8) is 0 Å². The van der Waals surface area contributed by atoms with Crippen LogP contribution in [0.2, 0.25) is 0 Å². The molecule has 1 N–H and O–H groups in total. The van der Waals surface area contributed by atoms with Crippen LogP contribution in [0, 0.1) is 0 Å². The van der Waals surface area contributed by atoms with E-state index in [-0.39, 0.29) is 5.91 Å². The summed E-state index contributed by atoms with van der Waals surface area (Å²) in [6.07, 6.45) is 9.54. The molecule has 1 amide bonds. The summed E-state index contributed by atoms with van der Waals surface area (Å²) in [4.78, 5) is 20.2. The fraction of sp³-hybridized carbons (Fsp3) is 0.429. The van der Waals surface area contributed by atoms with E-state index in [0.717, 1.165) is 22.8 Å². The van der Waals surface area contributed by atoms with E-state index in [1.807, 2.05) is 22.2 Å². The van der Waals surface area contributed by atoms with Crippen LogP contribution in [0.25, 0.3) is 4.96 Å². The van der Waals surface area contributed by atoms with Gasteiger partial charge in [-0.1, -0.05) is 37.1 Å². The van der Waals surface area contributed by atoms with Gasteiger partial charge in [0.05, 0.1) is 12.1 Å². The van der Waals surface area contributed by atoms with E-state index in [4.69, 9.17) is 0 Å². The fourth-order valence-electron chi connectivity index (χ4n) is 3.68. The van der Waals surface area contributed by atoms with Crippen LogP contribution in [0.4, 0.5) is 0 Å². The first-order chi connectivity index (χ1) is 13.3. The largest absolute Gasteiger partial charge is 0.352 e. The van der Waals surface area contributed by atoms with Gasteiger partial charge in [0.1, 0.15) is 0 Å². The smallest absolute Gasteiger partial charge is 0.226 e. The Kier molecular flexibility index (Phi) is 5.84. The molecule has 1 aliphatic rings. The maximum atomic E-state index is 12.3. The van der Waals surface area contributed by atoms with Gasteiger partial charge < -0.3 is 5.32 Å². The minimum Gasteiger partial charge on any atom is -0.352 e. The van der Waals surface area contributed by atoms with Crippen LogP contribution in [0.5, 0.6) is 0 Å². The Labute approximate surface area is 164 Å². The molecule has 4 rings (SSSR count). The van der Waals surface area contributed by atoms with Crippen LogP contribution in [-0.2, 0) is 24.3 Å². The number of imidazole rings is 1. The number of carbonyl (C=O) groups excluding carboxylic acids is 1. The topological polar surface area (TPSA) is 49.6 Å². The lowest BCUT2D eigenvalue weighted by Gasteiger charge is -2.20. The van der Waals surface area contributed by atoms with Crippen molar-refractivity contribution in [2.45, 2.75) is 45.2 Å². The number of benzene rings is 1. The summed E-state index contributed by atoms with van der Waals surface area (Å²) >= 11 is 1.58. The first-order valence-electron chi connectivity index (χ1n) is 9.74. The van der Waals surface area contributed by atoms with Gasteiger partial charge >= 0.3 is 0 Å². The van der Waals surface area contributed by atoms with Gasteiger partial charge in [0, 0.05) is 30.9 Å². The standard InChI is InChI=1S/C21H26N4OS/c26-20(13-19-16-25-10-11-27-21(25)23-19)22-14-17-6-5-7-18(12-17)15-24-8-3-1-2-4-9-24/h5-7,10-12,16H,1-4,8-9,13-15H2,(H,22,26). The molecule has 2 aromatic heterocycles. The number of fused-ring (bicyclic) bond motifs is 1. The number of nitrogens with one attached hydrogen (secondary N) is 1. The molecule has 0 radical (unpaired) electrons. The van der Waals surface area contributed by atoms with Crippen LogP contribution in [0.15, 0.2) is 42.0 Å². The average Bonchev–Trinajstić information content (AvgIpc) is 3.14. The zero-order valence-corrected chi connectivity index (χ0v) is 16.4. The highest BCUT2D eigenvalue weighted by atomic mass is 32.1. The second-order valence-corrected chi connectivity index (χ2v) is 8.16. The van der Waals surface area contributed by atoms with Crippen molar-refractivity contribution >= 4 is 22.2 Å². The molecule has 3 heterocycles. The molecular weight excluding hydrogens is 356 g/mol. The Hall–Kier alpha value is -2.18. The van der Waals surface area contributed by atoms with Gasteiger partial charge in [-0.3, -0.25) is 14.1 Å². The Morgan fingerprint density at radius 3 is 2.78 bits per heavy atom. The molecule has 0 spiro atoms. The zero-order chi connectivity index (χ0) is 18.5. The third-order valence-corrected chi connectivity index (χ3v) is 5.84. The molecule has 0 unspecified atom stereocenters. The third kappa shape index (κ3) is 4.96. The van der Waals surface area contributed by atoms with Crippen molar-refractivity contribution in [1.29, 1.82) is 0 Å². The van der Waals surface area contributed by atoms with Crippen molar-refractivity contribution < 1.29 is 4.79 Å². The molecule has 1 aliphatic heterocycles. The number of nitrogens with zero attached hydrogens (tertiary/aromatic N) is 3. The van der Waals surface area contributed by atoms with Crippen LogP contribution >= 0.6 is 11.3 Å². The molecule has 142 valence electrons. The predicted octanol–water partition coefficient (Wildman–Crippen LogP) is 3.63. The highest BCUT2D eigenvalue weighted by molar-refractivity contribution is 7.15. The summed E-state index contributed by atoms with van der Waals surface area (Å²) in [6.45, 7) is 3.97. The Morgan fingerprint density at radius 1 is 1.15 bits per heavy atom. The Bertz CT molecular complexity index is 864. The predicted molar refractivity (Wildman–Crippen MR) is 109 cm³/mol. The number of amides is 1. The van der Waals surface area contributed by atoms with E-state index >= 15 is 0 Å². The maximum absolute atomic E-state index is 12.3. The van der Waals surface area contributed by atoms with Crippen LogP contribution < -0.4 is 5.32 Å². The monoisotopic (exact) mass is 382 g/mol. The van der Waals surface area contributed by atoms with Gasteiger partial charge in [-0.05, 0) is 37.1 Å². The number of hydrogen-bond donors (Lipinski definition) is 1. The van der Waals surface area contributed by atoms with E-state index in [9.17, 15) is 4.79 Å². The van der Waals surface area contributed by atoms with Crippen LogP contribution in [0.3, 0.4) is 0 Å². The first kappa shape index (κ1) is 18.2.